The van der Waals surface area contributed by atoms with Crippen molar-refractivity contribution in [1.29, 1.82) is 0 Å². The van der Waals surface area contributed by atoms with Crippen LogP contribution in [0.2, 0.25) is 0 Å². The zero-order valence-corrected chi connectivity index (χ0v) is 63.8. The fourth-order valence-electron chi connectivity index (χ4n) is 11.7. The smallest absolute Gasteiger partial charge is 0.459 e. The van der Waals surface area contributed by atoms with Gasteiger partial charge in [0.25, 0.3) is 0 Å². The van der Waals surface area contributed by atoms with Crippen LogP contribution in [0.4, 0.5) is 0 Å². The van der Waals surface area contributed by atoms with E-state index in [4.69, 9.17) is 30.1 Å². The van der Waals surface area contributed by atoms with E-state index in [-0.39, 0.29) is 89.5 Å². The van der Waals surface area contributed by atoms with Crippen LogP contribution in [0.3, 0.4) is 0 Å². The molecule has 13 aromatic rings. The normalized spacial score (nSPS) is 10.5. The van der Waals surface area contributed by atoms with Gasteiger partial charge >= 0.3 is 89.5 Å². The van der Waals surface area contributed by atoms with Crippen molar-refractivity contribution in [2.45, 2.75) is 6.42 Å². The van der Waals surface area contributed by atoms with Crippen LogP contribution < -0.4 is 42.4 Å². The maximum absolute atomic E-state index is 7.15. The van der Waals surface area contributed by atoms with Crippen LogP contribution in [0.15, 0.2) is 320 Å². The Hall–Kier alpha value is -6.64. The van der Waals surface area contributed by atoms with Gasteiger partial charge in [0.1, 0.15) is 35.8 Å². The van der Waals surface area contributed by atoms with Crippen LogP contribution in [0.1, 0.15) is 33.4 Å². The summed E-state index contributed by atoms with van der Waals surface area (Å²) >= 11 is 0. The molecule has 12 aromatic carbocycles. The molecule has 0 N–H and O–H groups in total. The van der Waals surface area contributed by atoms with Crippen molar-refractivity contribution in [1.82, 2.24) is 0 Å². The van der Waals surface area contributed by atoms with Gasteiger partial charge in [-0.2, -0.15) is 0 Å². The third-order valence-corrected chi connectivity index (χ3v) is 28.4. The molecule has 0 spiro atoms. The first-order valence-corrected chi connectivity index (χ1v) is 37.1. The Labute approximate surface area is 623 Å². The molecule has 1 heterocycles. The van der Waals surface area contributed by atoms with E-state index >= 15 is 0 Å². The van der Waals surface area contributed by atoms with Crippen LogP contribution in [-0.4, -0.2) is 24.6 Å². The second-order valence-electron chi connectivity index (χ2n) is 21.8. The Balaban J connectivity index is 0.000000179. The summed E-state index contributed by atoms with van der Waals surface area (Å²) in [5, 5.41) is 14.1. The molecule has 1 aromatic heterocycles. The summed E-state index contributed by atoms with van der Waals surface area (Å²) in [6.07, 6.45) is 34.4. The monoisotopic (exact) mass is 2010 g/mol. The standard InChI is InChI=1S/2C26H24P2.C17H8.C16H6O.4Au/c2*1-5-13-23(14-6-1)27(24-15-7-2-8-16-24)21-22-28(25-17-9-3-10-18-25)26-19-11-4-12-20-26;1-3-12-5-7-16-14(9-12)11-15-10-13(4-2)6-8-17(15)16;1-3-11-5-7-13-14-8-6-12(4-2)10-16(14)17-15(13)9-11;;;;/h2*1-20H,21-22H2;5-10H,11H2;5-10H;;;;/q;;2*-2;4*+1/p+4. The molecule has 0 amide bonds. The van der Waals surface area contributed by atoms with E-state index in [1.54, 1.807) is 12.1 Å². The van der Waals surface area contributed by atoms with E-state index in [1.165, 1.54) is 89.3 Å². The Bertz CT molecular complexity index is 4010. The Morgan fingerprint density at radius 1 is 0.255 bits per heavy atom. The van der Waals surface area contributed by atoms with E-state index in [0.717, 1.165) is 39.5 Å². The average molecular weight is 2020 g/mol. The molecule has 0 fully saturated rings. The minimum Gasteiger partial charge on any atom is -0.459 e. The van der Waals surface area contributed by atoms with Gasteiger partial charge in [0, 0.05) is 10.8 Å². The SMILES string of the molecule is [Au+].[Au+].[Au+].[Au+].[C-]#Cc1ccc2c(c1)Cc1cc(C#[C-])ccc1-2.[C-]#Cc1ccc2c(c1)oc1cc(C#[C-])ccc12.c1ccc([PH+](CC[PH+](c2ccccc2)c2ccccc2)c2ccccc2)cc1.c1ccc([PH+](CC[PH+](c2ccccc2)c2ccccc2)c2ccccc2)cc1. The number of hydrogen-bond donors (Lipinski definition) is 0. The molecular formula is C85H66Au4OP4+4. The molecule has 94 heavy (non-hydrogen) atoms. The van der Waals surface area contributed by atoms with E-state index in [1.807, 2.05) is 60.7 Å². The summed E-state index contributed by atoms with van der Waals surface area (Å²) in [7, 11) is -3.13. The van der Waals surface area contributed by atoms with Crippen molar-refractivity contribution in [3.8, 4) is 34.8 Å². The molecule has 1 aliphatic rings. The topological polar surface area (TPSA) is 13.1 Å². The number of hydrogen-bond acceptors (Lipinski definition) is 1. The van der Waals surface area contributed by atoms with Gasteiger partial charge in [0.15, 0.2) is 0 Å². The summed E-state index contributed by atoms with van der Waals surface area (Å²) in [6, 6.07) is 112. The molecular weight excluding hydrogens is 1950 g/mol. The minimum atomic E-state index is -0.783. The Morgan fingerprint density at radius 2 is 0.457 bits per heavy atom. The average Bonchev–Trinajstić information content (AvgIpc) is 1.65. The third-order valence-electron chi connectivity index (χ3n) is 16.2. The molecule has 14 rings (SSSR count). The first-order chi connectivity index (χ1) is 44.5. The second-order valence-corrected chi connectivity index (χ2v) is 32.2. The fourth-order valence-corrected chi connectivity index (χ4v) is 24.1. The van der Waals surface area contributed by atoms with Crippen molar-refractivity contribution in [3.05, 3.63) is 375 Å². The Morgan fingerprint density at radius 3 is 0.670 bits per heavy atom. The summed E-state index contributed by atoms with van der Waals surface area (Å²) in [6.45, 7) is 0. The van der Waals surface area contributed by atoms with Crippen LogP contribution in [0, 0.1) is 49.4 Å². The quantitative estimate of drug-likeness (QED) is 0.0458. The molecule has 1 nitrogen and oxygen atoms in total. The predicted octanol–water partition coefficient (Wildman–Crippen LogP) is 16.0. The molecule has 0 saturated carbocycles. The zero-order valence-electron chi connectivity index (χ0n) is 51.2. The number of fused-ring (bicyclic) bond motifs is 6. The molecule has 0 atom stereocenters. The summed E-state index contributed by atoms with van der Waals surface area (Å²) in [5.74, 6) is 9.49. The number of benzene rings is 12. The minimum absolute atomic E-state index is 0. The van der Waals surface area contributed by atoms with Crippen molar-refractivity contribution in [3.63, 3.8) is 0 Å². The van der Waals surface area contributed by atoms with Crippen LogP contribution >= 0.6 is 31.7 Å². The molecule has 0 saturated heterocycles. The molecule has 472 valence electrons. The maximum atomic E-state index is 7.15. The van der Waals surface area contributed by atoms with Crippen molar-refractivity contribution in [2.75, 3.05) is 24.6 Å². The van der Waals surface area contributed by atoms with Crippen molar-refractivity contribution < 1.29 is 93.9 Å². The van der Waals surface area contributed by atoms with Gasteiger partial charge in [0.05, 0.1) is 74.1 Å². The molecule has 1 aliphatic carbocycles. The summed E-state index contributed by atoms with van der Waals surface area (Å²) < 4.78 is 5.69. The third kappa shape index (κ3) is 19.8. The van der Waals surface area contributed by atoms with Crippen LogP contribution in [0.25, 0.3) is 33.1 Å². The fraction of sp³-hybridized carbons (Fsp3) is 0.0588. The van der Waals surface area contributed by atoms with E-state index in [9.17, 15) is 0 Å². The maximum Gasteiger partial charge on any atom is 1.00 e. The van der Waals surface area contributed by atoms with Crippen LogP contribution in [-0.2, 0) is 95.9 Å². The molecule has 0 bridgehead atoms. The summed E-state index contributed by atoms with van der Waals surface area (Å²) in [4.78, 5) is 0. The van der Waals surface area contributed by atoms with Gasteiger partial charge in [0.2, 0.25) is 0 Å². The Kier molecular flexibility index (Phi) is 30.9. The zero-order chi connectivity index (χ0) is 61.7. The van der Waals surface area contributed by atoms with E-state index < -0.39 is 31.7 Å². The molecule has 0 radical (unpaired) electrons. The van der Waals surface area contributed by atoms with Crippen LogP contribution in [0.5, 0.6) is 0 Å². The van der Waals surface area contributed by atoms with Gasteiger partial charge < -0.3 is 30.1 Å². The van der Waals surface area contributed by atoms with Gasteiger partial charge in [-0.15, -0.1) is 58.7 Å². The predicted molar refractivity (Wildman–Crippen MR) is 395 cm³/mol. The van der Waals surface area contributed by atoms with Gasteiger partial charge in [-0.1, -0.05) is 193 Å². The van der Waals surface area contributed by atoms with Crippen molar-refractivity contribution >= 4 is 96.1 Å². The molecule has 9 heteroatoms. The second kappa shape index (κ2) is 38.8. The largest absolute Gasteiger partial charge is 1.00 e. The molecule has 0 unspecified atom stereocenters. The first-order valence-electron chi connectivity index (χ1n) is 30.3. The first kappa shape index (κ1) is 74.8. The molecule has 0 aliphatic heterocycles. The van der Waals surface area contributed by atoms with E-state index in [2.05, 4.69) is 266 Å². The van der Waals surface area contributed by atoms with Gasteiger partial charge in [-0.05, 0) is 115 Å². The van der Waals surface area contributed by atoms with E-state index in [0.29, 0.717) is 11.1 Å². The van der Waals surface area contributed by atoms with Gasteiger partial charge in [-0.3, -0.25) is 23.7 Å². The number of rotatable bonds is 14. The van der Waals surface area contributed by atoms with Gasteiger partial charge in [-0.25, -0.2) is 0 Å². The summed E-state index contributed by atoms with van der Waals surface area (Å²) in [5.41, 5.74) is 9.42. The van der Waals surface area contributed by atoms with Crippen molar-refractivity contribution in [2.24, 2.45) is 0 Å². The number of furan rings is 1.